The van der Waals surface area contributed by atoms with E-state index in [0.717, 1.165) is 0 Å². The number of carboxylic acids is 2. The van der Waals surface area contributed by atoms with Gasteiger partial charge in [-0.2, -0.15) is 5.90 Å². The van der Waals surface area contributed by atoms with Crippen molar-refractivity contribution in [2.75, 3.05) is 0 Å². The second kappa shape index (κ2) is 3.84. The maximum absolute atomic E-state index is 10.1. The maximum Gasteiger partial charge on any atom is 0.347 e. The van der Waals surface area contributed by atoms with Gasteiger partial charge in [0.05, 0.1) is 0 Å². The summed E-state index contributed by atoms with van der Waals surface area (Å²) in [6.07, 6.45) is 0. The fourth-order valence-corrected chi connectivity index (χ4v) is 0.525. The maximum atomic E-state index is 10.1. The second-order valence-corrected chi connectivity index (χ2v) is 1.81. The van der Waals surface area contributed by atoms with E-state index in [2.05, 4.69) is 23.4 Å². The highest BCUT2D eigenvalue weighted by molar-refractivity contribution is 7.84. The summed E-state index contributed by atoms with van der Waals surface area (Å²) in [6.45, 7) is 0. The van der Waals surface area contributed by atoms with Crippen LogP contribution in [0, 0.1) is 0 Å². The molecular formula is C4H5NO5S. The molecule has 7 heteroatoms. The van der Waals surface area contributed by atoms with Crippen LogP contribution in [0.1, 0.15) is 0 Å². The lowest BCUT2D eigenvalue weighted by atomic mass is 10.3. The van der Waals surface area contributed by atoms with Crippen molar-refractivity contribution >= 4 is 24.6 Å². The van der Waals surface area contributed by atoms with Crippen molar-refractivity contribution in [1.82, 2.24) is 0 Å². The molecule has 0 rings (SSSR count). The van der Waals surface area contributed by atoms with Gasteiger partial charge in [-0.15, -0.1) is 12.6 Å². The zero-order chi connectivity index (χ0) is 9.02. The summed E-state index contributed by atoms with van der Waals surface area (Å²) in [5.41, 5.74) is -1.00. The Morgan fingerprint density at radius 3 is 1.73 bits per heavy atom. The molecule has 11 heavy (non-hydrogen) atoms. The van der Waals surface area contributed by atoms with Gasteiger partial charge in [0.2, 0.25) is 0 Å². The fraction of sp³-hybridized carbons (Fsp3) is 0. The van der Waals surface area contributed by atoms with Crippen LogP contribution < -0.4 is 5.90 Å². The van der Waals surface area contributed by atoms with Gasteiger partial charge in [-0.3, -0.25) is 0 Å². The molecule has 0 aromatic carbocycles. The minimum absolute atomic E-state index is 0.648. The molecule has 0 fully saturated rings. The number of carbonyl (C=O) groups is 2. The average molecular weight is 179 g/mol. The number of hydrogen-bond acceptors (Lipinski definition) is 5. The standard InChI is InChI=1S/C4H5NO5S/c5-10-4(11)1(2(6)7)3(8)9/h11H,5H2,(H,6,7)(H,8,9). The van der Waals surface area contributed by atoms with Gasteiger partial charge in [-0.25, -0.2) is 9.59 Å². The fourth-order valence-electron chi connectivity index (χ4n) is 0.333. The van der Waals surface area contributed by atoms with Gasteiger partial charge in [0.15, 0.2) is 10.7 Å². The Bertz CT molecular complexity index is 207. The van der Waals surface area contributed by atoms with Gasteiger partial charge in [0.25, 0.3) is 0 Å². The first kappa shape index (κ1) is 9.79. The highest BCUT2D eigenvalue weighted by atomic mass is 32.1. The zero-order valence-electron chi connectivity index (χ0n) is 5.14. The van der Waals surface area contributed by atoms with Gasteiger partial charge in [-0.1, -0.05) is 0 Å². The van der Waals surface area contributed by atoms with Crippen LogP contribution in [0.25, 0.3) is 0 Å². The summed E-state index contributed by atoms with van der Waals surface area (Å²) in [6, 6.07) is 0. The highest BCUT2D eigenvalue weighted by Crippen LogP contribution is 2.08. The van der Waals surface area contributed by atoms with Crippen molar-refractivity contribution in [1.29, 1.82) is 0 Å². The van der Waals surface area contributed by atoms with Crippen LogP contribution in [0.15, 0.2) is 10.7 Å². The van der Waals surface area contributed by atoms with Gasteiger partial charge < -0.3 is 15.1 Å². The van der Waals surface area contributed by atoms with E-state index in [4.69, 9.17) is 10.2 Å². The number of rotatable bonds is 3. The van der Waals surface area contributed by atoms with E-state index in [-0.39, 0.29) is 0 Å². The minimum atomic E-state index is -1.66. The first-order valence-corrected chi connectivity index (χ1v) is 2.72. The van der Waals surface area contributed by atoms with Crippen LogP contribution in [0.2, 0.25) is 0 Å². The molecule has 0 spiro atoms. The van der Waals surface area contributed by atoms with Crippen molar-refractivity contribution in [2.24, 2.45) is 5.90 Å². The summed E-state index contributed by atoms with van der Waals surface area (Å²) in [4.78, 5) is 24.1. The first-order chi connectivity index (χ1) is 5.00. The average Bonchev–Trinajstić information content (AvgIpc) is 1.85. The van der Waals surface area contributed by atoms with E-state index in [1.807, 2.05) is 0 Å². The Balaban J connectivity index is 4.88. The lowest BCUT2D eigenvalue weighted by Crippen LogP contribution is -2.15. The Labute approximate surface area is 66.6 Å². The van der Waals surface area contributed by atoms with Crippen LogP contribution >= 0.6 is 12.6 Å². The molecule has 62 valence electrons. The second-order valence-electron chi connectivity index (χ2n) is 1.41. The highest BCUT2D eigenvalue weighted by Gasteiger charge is 2.21. The summed E-state index contributed by atoms with van der Waals surface area (Å²) in [5, 5.41) is 15.8. The van der Waals surface area contributed by atoms with E-state index in [9.17, 15) is 9.59 Å². The number of hydrogen-bond donors (Lipinski definition) is 4. The van der Waals surface area contributed by atoms with Crippen LogP contribution in [-0.4, -0.2) is 22.2 Å². The van der Waals surface area contributed by atoms with Crippen LogP contribution in [0.4, 0.5) is 0 Å². The molecule has 4 N–H and O–H groups in total. The normalized spacial score (nSPS) is 8.55. The molecule has 0 aliphatic heterocycles. The topological polar surface area (TPSA) is 110 Å². The number of thiol groups is 1. The van der Waals surface area contributed by atoms with Crippen LogP contribution in [0.3, 0.4) is 0 Å². The molecule has 0 aliphatic rings. The monoisotopic (exact) mass is 179 g/mol. The van der Waals surface area contributed by atoms with Crippen molar-refractivity contribution in [3.05, 3.63) is 10.7 Å². The molecule has 0 unspecified atom stereocenters. The van der Waals surface area contributed by atoms with E-state index >= 15 is 0 Å². The molecule has 0 bridgehead atoms. The molecule has 0 radical (unpaired) electrons. The summed E-state index contributed by atoms with van der Waals surface area (Å²) in [5.74, 6) is 1.17. The number of nitrogens with two attached hydrogens (primary N) is 1. The predicted molar refractivity (Wildman–Crippen MR) is 36.6 cm³/mol. The Morgan fingerprint density at radius 1 is 1.27 bits per heavy atom. The Hall–Kier alpha value is -1.21. The summed E-state index contributed by atoms with van der Waals surface area (Å²) in [7, 11) is 0. The predicted octanol–water partition coefficient (Wildman–Crippen LogP) is -0.813. The molecular weight excluding hydrogens is 174 g/mol. The smallest absolute Gasteiger partial charge is 0.347 e. The van der Waals surface area contributed by atoms with Crippen molar-refractivity contribution in [2.45, 2.75) is 0 Å². The molecule has 0 aliphatic carbocycles. The largest absolute Gasteiger partial charge is 0.477 e. The van der Waals surface area contributed by atoms with Crippen molar-refractivity contribution < 1.29 is 24.6 Å². The SMILES string of the molecule is NOC(S)=C(C(=O)O)C(=O)O. The van der Waals surface area contributed by atoms with Crippen LogP contribution in [-0.2, 0) is 14.4 Å². The lowest BCUT2D eigenvalue weighted by Gasteiger charge is -1.98. The molecule has 0 aromatic heterocycles. The molecule has 0 saturated heterocycles. The quantitative estimate of drug-likeness (QED) is 0.113. The third-order valence-corrected chi connectivity index (χ3v) is 1.08. The molecule has 0 saturated carbocycles. The van der Waals surface area contributed by atoms with Gasteiger partial charge in [0, 0.05) is 0 Å². The van der Waals surface area contributed by atoms with Crippen LogP contribution in [0.5, 0.6) is 0 Å². The van der Waals surface area contributed by atoms with Gasteiger partial charge >= 0.3 is 11.9 Å². The molecule has 0 amide bonds. The first-order valence-electron chi connectivity index (χ1n) is 2.27. The van der Waals surface area contributed by atoms with Crippen molar-refractivity contribution in [3.8, 4) is 0 Å². The number of carboxylic acid groups (broad SMARTS) is 2. The number of aliphatic carboxylic acids is 2. The van der Waals surface area contributed by atoms with E-state index in [1.54, 1.807) is 0 Å². The minimum Gasteiger partial charge on any atom is -0.477 e. The van der Waals surface area contributed by atoms with E-state index < -0.39 is 22.6 Å². The Morgan fingerprint density at radius 2 is 1.64 bits per heavy atom. The van der Waals surface area contributed by atoms with E-state index in [1.165, 1.54) is 0 Å². The van der Waals surface area contributed by atoms with Gasteiger partial charge in [-0.05, 0) is 0 Å². The lowest BCUT2D eigenvalue weighted by molar-refractivity contribution is -0.140. The van der Waals surface area contributed by atoms with Crippen molar-refractivity contribution in [3.63, 3.8) is 0 Å². The van der Waals surface area contributed by atoms with Gasteiger partial charge in [0.1, 0.15) is 0 Å². The summed E-state index contributed by atoms with van der Waals surface area (Å²) >= 11 is 3.37. The van der Waals surface area contributed by atoms with E-state index in [0.29, 0.717) is 0 Å². The molecule has 6 nitrogen and oxygen atoms in total. The molecule has 0 aromatic rings. The Kier molecular flexibility index (Phi) is 3.42. The molecule has 0 heterocycles. The zero-order valence-corrected chi connectivity index (χ0v) is 6.04. The summed E-state index contributed by atoms with van der Waals surface area (Å²) < 4.78 is 0. The molecule has 0 atom stereocenters. The third kappa shape index (κ3) is 2.48. The third-order valence-electron chi connectivity index (χ3n) is 0.753.